The van der Waals surface area contributed by atoms with E-state index in [4.69, 9.17) is 6.42 Å². The first-order chi connectivity index (χ1) is 6.75. The number of rotatable bonds is 4. The summed E-state index contributed by atoms with van der Waals surface area (Å²) in [4.78, 5) is 0. The van der Waals surface area contributed by atoms with Crippen molar-refractivity contribution in [2.75, 3.05) is 6.54 Å². The fraction of sp³-hybridized carbons (Fsp3) is 0.385. The molecule has 74 valence electrons. The van der Waals surface area contributed by atoms with Gasteiger partial charge in [-0.25, -0.2) is 0 Å². The second-order valence-electron chi connectivity index (χ2n) is 3.49. The van der Waals surface area contributed by atoms with E-state index in [2.05, 4.69) is 43.3 Å². The molecule has 0 aromatic heterocycles. The fourth-order valence-corrected chi connectivity index (χ4v) is 1.39. The highest BCUT2D eigenvalue weighted by molar-refractivity contribution is 5.32. The van der Waals surface area contributed by atoms with E-state index >= 15 is 0 Å². The van der Waals surface area contributed by atoms with Crippen molar-refractivity contribution in [2.24, 2.45) is 0 Å². The predicted octanol–water partition coefficient (Wildman–Crippen LogP) is 2.42. The van der Waals surface area contributed by atoms with Crippen LogP contribution in [-0.2, 0) is 6.54 Å². The summed E-state index contributed by atoms with van der Waals surface area (Å²) in [7, 11) is 0. The lowest BCUT2D eigenvalue weighted by Gasteiger charge is -2.08. The minimum Gasteiger partial charge on any atom is -0.312 e. The molecular formula is C13H17N. The van der Waals surface area contributed by atoms with Gasteiger partial charge in [-0.05, 0) is 30.5 Å². The molecule has 0 heterocycles. The quantitative estimate of drug-likeness (QED) is 0.564. The standard InChI is InChI=1S/C13H17N/c1-4-5-9-14-10-13-8-6-7-11(2)12(13)3/h1,6-8,14H,5,9-10H2,2-3H3. The first-order valence-corrected chi connectivity index (χ1v) is 4.95. The third kappa shape index (κ3) is 2.90. The zero-order chi connectivity index (χ0) is 10.4. The lowest BCUT2D eigenvalue weighted by Crippen LogP contribution is -2.15. The Bertz CT molecular complexity index is 334. The molecule has 14 heavy (non-hydrogen) atoms. The Morgan fingerprint density at radius 2 is 2.14 bits per heavy atom. The highest BCUT2D eigenvalue weighted by Crippen LogP contribution is 2.11. The Hall–Kier alpha value is -1.26. The lowest BCUT2D eigenvalue weighted by atomic mass is 10.0. The number of terminal acetylenes is 1. The van der Waals surface area contributed by atoms with Crippen molar-refractivity contribution in [3.05, 3.63) is 34.9 Å². The number of hydrogen-bond donors (Lipinski definition) is 1. The first kappa shape index (κ1) is 10.8. The van der Waals surface area contributed by atoms with Gasteiger partial charge in [-0.2, -0.15) is 0 Å². The van der Waals surface area contributed by atoms with Crippen molar-refractivity contribution in [1.29, 1.82) is 0 Å². The predicted molar refractivity (Wildman–Crippen MR) is 61.1 cm³/mol. The van der Waals surface area contributed by atoms with Gasteiger partial charge in [0.25, 0.3) is 0 Å². The minimum atomic E-state index is 0.796. The molecule has 1 nitrogen and oxygen atoms in total. The van der Waals surface area contributed by atoms with E-state index in [0.717, 1.165) is 19.5 Å². The van der Waals surface area contributed by atoms with E-state index in [1.165, 1.54) is 16.7 Å². The highest BCUT2D eigenvalue weighted by Gasteiger charge is 1.98. The summed E-state index contributed by atoms with van der Waals surface area (Å²) < 4.78 is 0. The Kier molecular flexibility index (Phi) is 4.22. The summed E-state index contributed by atoms with van der Waals surface area (Å²) >= 11 is 0. The largest absolute Gasteiger partial charge is 0.312 e. The van der Waals surface area contributed by atoms with Crippen LogP contribution in [0.5, 0.6) is 0 Å². The van der Waals surface area contributed by atoms with E-state index < -0.39 is 0 Å². The van der Waals surface area contributed by atoms with Gasteiger partial charge < -0.3 is 5.32 Å². The van der Waals surface area contributed by atoms with Gasteiger partial charge in [-0.15, -0.1) is 12.3 Å². The molecule has 1 aromatic carbocycles. The Labute approximate surface area is 86.5 Å². The van der Waals surface area contributed by atoms with Crippen LogP contribution in [0.2, 0.25) is 0 Å². The van der Waals surface area contributed by atoms with Crippen molar-refractivity contribution in [2.45, 2.75) is 26.8 Å². The maximum atomic E-state index is 5.17. The van der Waals surface area contributed by atoms with E-state index in [9.17, 15) is 0 Å². The average Bonchev–Trinajstić information content (AvgIpc) is 2.19. The van der Waals surface area contributed by atoms with E-state index in [1.54, 1.807) is 0 Å². The zero-order valence-electron chi connectivity index (χ0n) is 8.93. The molecule has 0 spiro atoms. The number of benzene rings is 1. The molecule has 0 fully saturated rings. The zero-order valence-corrected chi connectivity index (χ0v) is 8.93. The molecule has 0 atom stereocenters. The Morgan fingerprint density at radius 3 is 2.86 bits per heavy atom. The Morgan fingerprint density at radius 1 is 1.36 bits per heavy atom. The maximum Gasteiger partial charge on any atom is 0.0212 e. The van der Waals surface area contributed by atoms with Gasteiger partial charge in [0.15, 0.2) is 0 Å². The van der Waals surface area contributed by atoms with Crippen LogP contribution in [0.15, 0.2) is 18.2 Å². The lowest BCUT2D eigenvalue weighted by molar-refractivity contribution is 0.698. The molecule has 1 heteroatoms. The van der Waals surface area contributed by atoms with Crippen LogP contribution >= 0.6 is 0 Å². The van der Waals surface area contributed by atoms with Gasteiger partial charge in [-0.1, -0.05) is 18.2 Å². The van der Waals surface area contributed by atoms with Crippen LogP contribution in [0.25, 0.3) is 0 Å². The fourth-order valence-electron chi connectivity index (χ4n) is 1.39. The van der Waals surface area contributed by atoms with E-state index in [1.807, 2.05) is 0 Å². The van der Waals surface area contributed by atoms with Crippen molar-refractivity contribution < 1.29 is 0 Å². The van der Waals surface area contributed by atoms with Gasteiger partial charge in [0.05, 0.1) is 0 Å². The summed E-state index contributed by atoms with van der Waals surface area (Å²) in [6, 6.07) is 6.39. The summed E-state index contributed by atoms with van der Waals surface area (Å²) in [5.41, 5.74) is 4.09. The third-order valence-electron chi connectivity index (χ3n) is 2.48. The normalized spacial score (nSPS) is 9.79. The molecule has 0 aliphatic carbocycles. The van der Waals surface area contributed by atoms with Crippen LogP contribution in [-0.4, -0.2) is 6.54 Å². The average molecular weight is 187 g/mol. The summed E-state index contributed by atoms with van der Waals surface area (Å²) in [6.07, 6.45) is 5.97. The minimum absolute atomic E-state index is 0.796. The molecule has 0 bridgehead atoms. The second kappa shape index (κ2) is 5.47. The molecule has 0 unspecified atom stereocenters. The van der Waals surface area contributed by atoms with Crippen LogP contribution in [0.1, 0.15) is 23.1 Å². The summed E-state index contributed by atoms with van der Waals surface area (Å²) in [6.45, 7) is 6.10. The summed E-state index contributed by atoms with van der Waals surface area (Å²) in [5.74, 6) is 2.62. The van der Waals surface area contributed by atoms with Crippen LogP contribution in [0, 0.1) is 26.2 Å². The van der Waals surface area contributed by atoms with Gasteiger partial charge >= 0.3 is 0 Å². The van der Waals surface area contributed by atoms with Crippen molar-refractivity contribution in [3.63, 3.8) is 0 Å². The molecule has 0 saturated heterocycles. The first-order valence-electron chi connectivity index (χ1n) is 4.95. The van der Waals surface area contributed by atoms with Gasteiger partial charge in [0, 0.05) is 19.5 Å². The van der Waals surface area contributed by atoms with Crippen molar-refractivity contribution >= 4 is 0 Å². The Balaban J connectivity index is 2.51. The molecule has 0 aliphatic rings. The molecule has 1 rings (SSSR count). The van der Waals surface area contributed by atoms with Crippen LogP contribution in [0.3, 0.4) is 0 Å². The maximum absolute atomic E-state index is 5.17. The molecule has 1 aromatic rings. The second-order valence-corrected chi connectivity index (χ2v) is 3.49. The summed E-state index contributed by atoms with van der Waals surface area (Å²) in [5, 5.41) is 3.33. The van der Waals surface area contributed by atoms with Crippen molar-refractivity contribution in [1.82, 2.24) is 5.32 Å². The highest BCUT2D eigenvalue weighted by atomic mass is 14.8. The smallest absolute Gasteiger partial charge is 0.0212 e. The molecule has 0 aliphatic heterocycles. The van der Waals surface area contributed by atoms with Gasteiger partial charge in [0.2, 0.25) is 0 Å². The molecule has 0 saturated carbocycles. The molecule has 0 radical (unpaired) electrons. The van der Waals surface area contributed by atoms with E-state index in [0.29, 0.717) is 0 Å². The molecule has 0 amide bonds. The van der Waals surface area contributed by atoms with Crippen LogP contribution in [0.4, 0.5) is 0 Å². The number of nitrogens with one attached hydrogen (secondary N) is 1. The third-order valence-corrected chi connectivity index (χ3v) is 2.48. The van der Waals surface area contributed by atoms with Crippen LogP contribution < -0.4 is 5.32 Å². The SMILES string of the molecule is C#CCCNCc1cccc(C)c1C. The topological polar surface area (TPSA) is 12.0 Å². The van der Waals surface area contributed by atoms with Gasteiger partial charge in [0.1, 0.15) is 0 Å². The number of aryl methyl sites for hydroxylation is 1. The van der Waals surface area contributed by atoms with E-state index in [-0.39, 0.29) is 0 Å². The number of hydrogen-bond acceptors (Lipinski definition) is 1. The monoisotopic (exact) mass is 187 g/mol. The van der Waals surface area contributed by atoms with Crippen molar-refractivity contribution in [3.8, 4) is 12.3 Å². The molecular weight excluding hydrogens is 170 g/mol. The van der Waals surface area contributed by atoms with Gasteiger partial charge in [-0.3, -0.25) is 0 Å². The molecule has 1 N–H and O–H groups in total.